The molecule has 0 heterocycles. The zero-order chi connectivity index (χ0) is 15.1. The van der Waals surface area contributed by atoms with Crippen LogP contribution in [0.25, 0.3) is 0 Å². The molecule has 1 aromatic carbocycles. The Balaban J connectivity index is 1.88. The fourth-order valence-electron chi connectivity index (χ4n) is 3.30. The second-order valence-electron chi connectivity index (χ2n) is 6.26. The van der Waals surface area contributed by atoms with Gasteiger partial charge < -0.3 is 5.32 Å². The third kappa shape index (κ3) is 5.03. The maximum atomic E-state index is 3.87. The van der Waals surface area contributed by atoms with Crippen LogP contribution in [0.15, 0.2) is 24.3 Å². The number of hydrogen-bond acceptors (Lipinski definition) is 2. The Hall–Kier alpha value is -0.470. The lowest BCUT2D eigenvalue weighted by Crippen LogP contribution is -2.36. The molecule has 0 bridgehead atoms. The molecule has 0 aromatic heterocycles. The Kier molecular flexibility index (Phi) is 7.12. The second-order valence-corrected chi connectivity index (χ2v) is 7.78. The van der Waals surface area contributed by atoms with E-state index in [0.29, 0.717) is 12.1 Å². The smallest absolute Gasteiger partial charge is 0.0294 e. The van der Waals surface area contributed by atoms with Crippen molar-refractivity contribution in [1.29, 1.82) is 0 Å². The van der Waals surface area contributed by atoms with Crippen molar-refractivity contribution < 1.29 is 0 Å². The summed E-state index contributed by atoms with van der Waals surface area (Å²) in [5, 5.41) is 4.69. The average molecular weight is 306 g/mol. The molecule has 1 aliphatic carbocycles. The maximum Gasteiger partial charge on any atom is 0.0294 e. The molecule has 0 aliphatic heterocycles. The predicted molar refractivity (Wildman–Crippen MR) is 96.2 cm³/mol. The molecule has 1 fully saturated rings. The summed E-state index contributed by atoms with van der Waals surface area (Å²) < 4.78 is 0. The van der Waals surface area contributed by atoms with Crippen molar-refractivity contribution in [3.05, 3.63) is 35.4 Å². The lowest BCUT2D eigenvalue weighted by atomic mass is 10.0. The molecule has 0 radical (unpaired) electrons. The lowest BCUT2D eigenvalue weighted by Gasteiger charge is -2.25. The number of benzene rings is 1. The van der Waals surface area contributed by atoms with Crippen molar-refractivity contribution in [2.75, 3.05) is 5.75 Å². The number of unbranched alkanes of at least 4 members (excludes halogenated alkanes) is 1. The van der Waals surface area contributed by atoms with Gasteiger partial charge in [-0.2, -0.15) is 11.8 Å². The Labute approximate surface area is 135 Å². The first-order valence-electron chi connectivity index (χ1n) is 8.71. The third-order valence-electron chi connectivity index (χ3n) is 4.60. The molecule has 3 unspecified atom stereocenters. The summed E-state index contributed by atoms with van der Waals surface area (Å²) in [5.74, 6) is 1.24. The molecular weight excluding hydrogens is 274 g/mol. The van der Waals surface area contributed by atoms with E-state index >= 15 is 0 Å². The number of hydrogen-bond donors (Lipinski definition) is 1. The highest BCUT2D eigenvalue weighted by Crippen LogP contribution is 2.31. The molecule has 118 valence electrons. The van der Waals surface area contributed by atoms with Gasteiger partial charge >= 0.3 is 0 Å². The number of nitrogens with one attached hydrogen (secondary N) is 1. The molecule has 1 nitrogen and oxygen atoms in total. The van der Waals surface area contributed by atoms with Gasteiger partial charge in [-0.1, -0.05) is 51.0 Å². The van der Waals surface area contributed by atoms with Gasteiger partial charge in [0.2, 0.25) is 0 Å². The molecule has 1 aliphatic rings. The summed E-state index contributed by atoms with van der Waals surface area (Å²) in [6, 6.07) is 10.4. The van der Waals surface area contributed by atoms with Crippen LogP contribution in [-0.2, 0) is 6.42 Å². The van der Waals surface area contributed by atoms with E-state index in [9.17, 15) is 0 Å². The third-order valence-corrected chi connectivity index (χ3v) is 5.92. The van der Waals surface area contributed by atoms with E-state index in [1.807, 2.05) is 0 Å². The van der Waals surface area contributed by atoms with E-state index in [0.717, 1.165) is 5.25 Å². The van der Waals surface area contributed by atoms with Crippen LogP contribution in [-0.4, -0.2) is 17.0 Å². The van der Waals surface area contributed by atoms with E-state index in [1.165, 1.54) is 55.4 Å². The molecule has 0 spiro atoms. The van der Waals surface area contributed by atoms with Gasteiger partial charge in [0.1, 0.15) is 0 Å². The number of thioether (sulfide) groups is 1. The van der Waals surface area contributed by atoms with Crippen LogP contribution in [0.5, 0.6) is 0 Å². The zero-order valence-electron chi connectivity index (χ0n) is 13.9. The van der Waals surface area contributed by atoms with Crippen molar-refractivity contribution in [2.24, 2.45) is 0 Å². The molecule has 2 rings (SSSR count). The van der Waals surface area contributed by atoms with Gasteiger partial charge in [-0.3, -0.25) is 0 Å². The van der Waals surface area contributed by atoms with E-state index in [1.54, 1.807) is 0 Å². The van der Waals surface area contributed by atoms with Gasteiger partial charge in [0.05, 0.1) is 0 Å². The Morgan fingerprint density at radius 1 is 1.19 bits per heavy atom. The fraction of sp³-hybridized carbons (Fsp3) is 0.684. The first kappa shape index (κ1) is 16.9. The molecule has 3 atom stereocenters. The molecule has 0 amide bonds. The summed E-state index contributed by atoms with van der Waals surface area (Å²) >= 11 is 2.13. The van der Waals surface area contributed by atoms with Crippen LogP contribution in [0, 0.1) is 0 Å². The Morgan fingerprint density at radius 3 is 2.62 bits per heavy atom. The summed E-state index contributed by atoms with van der Waals surface area (Å²) in [6.07, 6.45) is 7.91. The average Bonchev–Trinajstić information content (AvgIpc) is 2.93. The second kappa shape index (κ2) is 8.85. The van der Waals surface area contributed by atoms with Crippen LogP contribution < -0.4 is 5.32 Å². The van der Waals surface area contributed by atoms with Gasteiger partial charge in [0.25, 0.3) is 0 Å². The molecule has 0 saturated heterocycles. The van der Waals surface area contributed by atoms with E-state index in [2.05, 4.69) is 62.1 Å². The van der Waals surface area contributed by atoms with Crippen LogP contribution in [0.4, 0.5) is 0 Å². The molecule has 1 N–H and O–H groups in total. The highest BCUT2D eigenvalue weighted by molar-refractivity contribution is 7.99. The van der Waals surface area contributed by atoms with Gasteiger partial charge in [0.15, 0.2) is 0 Å². The topological polar surface area (TPSA) is 12.0 Å². The van der Waals surface area contributed by atoms with Gasteiger partial charge in [-0.05, 0) is 49.5 Å². The largest absolute Gasteiger partial charge is 0.306 e. The summed E-state index contributed by atoms with van der Waals surface area (Å²) in [6.45, 7) is 6.85. The van der Waals surface area contributed by atoms with Gasteiger partial charge in [0, 0.05) is 17.3 Å². The van der Waals surface area contributed by atoms with Crippen LogP contribution >= 0.6 is 11.8 Å². The summed E-state index contributed by atoms with van der Waals surface area (Å²) in [7, 11) is 0. The minimum absolute atomic E-state index is 0.466. The van der Waals surface area contributed by atoms with E-state index < -0.39 is 0 Å². The van der Waals surface area contributed by atoms with Crippen molar-refractivity contribution in [2.45, 2.75) is 76.6 Å². The Morgan fingerprint density at radius 2 is 1.95 bits per heavy atom. The molecule has 1 saturated carbocycles. The number of aryl methyl sites for hydroxylation is 1. The monoisotopic (exact) mass is 305 g/mol. The van der Waals surface area contributed by atoms with Crippen LogP contribution in [0.2, 0.25) is 0 Å². The number of rotatable bonds is 8. The normalized spacial score (nSPS) is 23.4. The molecule has 1 aromatic rings. The summed E-state index contributed by atoms with van der Waals surface area (Å²) in [4.78, 5) is 0. The predicted octanol–water partition coefficient (Wildman–Crippen LogP) is 5.35. The highest BCUT2D eigenvalue weighted by atomic mass is 32.2. The van der Waals surface area contributed by atoms with Crippen molar-refractivity contribution in [3.8, 4) is 0 Å². The quantitative estimate of drug-likeness (QED) is 0.694. The van der Waals surface area contributed by atoms with Crippen molar-refractivity contribution in [3.63, 3.8) is 0 Å². The first-order valence-corrected chi connectivity index (χ1v) is 9.76. The minimum atomic E-state index is 0.466. The molecule has 2 heteroatoms. The highest BCUT2D eigenvalue weighted by Gasteiger charge is 2.28. The standard InChI is InChI=1S/C19H31NS/c1-4-6-8-16-11-13-17(14-12-16)15(3)20-18-9-7-10-19(18)21-5-2/h11-15,18-20H,4-10H2,1-3H3. The van der Waals surface area contributed by atoms with E-state index in [-0.39, 0.29) is 0 Å². The fourth-order valence-corrected chi connectivity index (χ4v) is 4.51. The Bertz CT molecular complexity index is 401. The van der Waals surface area contributed by atoms with E-state index in [4.69, 9.17) is 0 Å². The first-order chi connectivity index (χ1) is 10.2. The van der Waals surface area contributed by atoms with Crippen LogP contribution in [0.3, 0.4) is 0 Å². The van der Waals surface area contributed by atoms with Gasteiger partial charge in [-0.25, -0.2) is 0 Å². The summed E-state index contributed by atoms with van der Waals surface area (Å²) in [5.41, 5.74) is 2.91. The SMILES string of the molecule is CCCCc1ccc(C(C)NC2CCCC2SCC)cc1. The van der Waals surface area contributed by atoms with Crippen LogP contribution in [0.1, 0.15) is 70.0 Å². The van der Waals surface area contributed by atoms with Crippen molar-refractivity contribution >= 4 is 11.8 Å². The van der Waals surface area contributed by atoms with Crippen molar-refractivity contribution in [1.82, 2.24) is 5.32 Å². The maximum absolute atomic E-state index is 3.87. The minimum Gasteiger partial charge on any atom is -0.306 e. The molecule has 21 heavy (non-hydrogen) atoms. The zero-order valence-corrected chi connectivity index (χ0v) is 14.7. The van der Waals surface area contributed by atoms with Gasteiger partial charge in [-0.15, -0.1) is 0 Å². The lowest BCUT2D eigenvalue weighted by molar-refractivity contribution is 0.467. The molecular formula is C19H31NS.